The van der Waals surface area contributed by atoms with Crippen LogP contribution in [0.2, 0.25) is 0 Å². The molecule has 7 heteroatoms. The first-order valence-electron chi connectivity index (χ1n) is 5.60. The van der Waals surface area contributed by atoms with Crippen molar-refractivity contribution < 1.29 is 22.7 Å². The van der Waals surface area contributed by atoms with Crippen LogP contribution >= 0.6 is 31.9 Å². The molecule has 0 spiro atoms. The lowest BCUT2D eigenvalue weighted by molar-refractivity contribution is -0.138. The van der Waals surface area contributed by atoms with Crippen molar-refractivity contribution in [3.8, 4) is 11.5 Å². The first kappa shape index (κ1) is 16.0. The molecule has 0 saturated heterocycles. The van der Waals surface area contributed by atoms with E-state index in [2.05, 4.69) is 31.9 Å². The molecule has 0 aliphatic rings. The first-order valence-corrected chi connectivity index (χ1v) is 7.19. The van der Waals surface area contributed by atoms with Crippen molar-refractivity contribution in [1.29, 1.82) is 0 Å². The average molecular weight is 424 g/mol. The van der Waals surface area contributed by atoms with Crippen molar-refractivity contribution in [1.82, 2.24) is 0 Å². The second kappa shape index (κ2) is 6.19. The molecule has 110 valence electrons. The maximum atomic E-state index is 13.0. The SMILES string of the molecule is O=Cc1ccc(Oc2ccc(Br)cc2Br)c(C(F)(F)F)c1. The normalized spacial score (nSPS) is 11.3. The summed E-state index contributed by atoms with van der Waals surface area (Å²) in [5.41, 5.74) is -1.06. The standard InChI is InChI=1S/C14H7Br2F3O2/c15-9-2-4-13(11(16)6-9)21-12-3-1-8(7-20)5-10(12)14(17,18)19/h1-7H. The highest BCUT2D eigenvalue weighted by Crippen LogP contribution is 2.40. The van der Waals surface area contributed by atoms with E-state index >= 15 is 0 Å². The number of halogens is 5. The summed E-state index contributed by atoms with van der Waals surface area (Å²) in [5.74, 6) is -0.126. The number of hydrogen-bond donors (Lipinski definition) is 0. The average Bonchev–Trinajstić information content (AvgIpc) is 2.41. The predicted molar refractivity (Wildman–Crippen MR) is 78.7 cm³/mol. The molecule has 0 N–H and O–H groups in total. The molecule has 0 aliphatic carbocycles. The molecule has 0 bridgehead atoms. The van der Waals surface area contributed by atoms with E-state index in [-0.39, 0.29) is 17.1 Å². The first-order chi connectivity index (χ1) is 9.81. The van der Waals surface area contributed by atoms with Gasteiger partial charge in [-0.15, -0.1) is 0 Å². The summed E-state index contributed by atoms with van der Waals surface area (Å²) in [5, 5.41) is 0. The molecule has 2 rings (SSSR count). The Hall–Kier alpha value is -1.34. The smallest absolute Gasteiger partial charge is 0.420 e. The minimum absolute atomic E-state index is 0.0652. The minimum Gasteiger partial charge on any atom is -0.456 e. The second-order valence-electron chi connectivity index (χ2n) is 4.05. The molecule has 2 aromatic rings. The van der Waals surface area contributed by atoms with E-state index in [0.29, 0.717) is 10.8 Å². The van der Waals surface area contributed by atoms with E-state index in [1.54, 1.807) is 12.1 Å². The van der Waals surface area contributed by atoms with Gasteiger partial charge < -0.3 is 4.74 Å². The molecule has 0 amide bonds. The molecule has 0 fully saturated rings. The summed E-state index contributed by atoms with van der Waals surface area (Å²) in [4.78, 5) is 10.6. The largest absolute Gasteiger partial charge is 0.456 e. The minimum atomic E-state index is -4.61. The highest BCUT2D eigenvalue weighted by Gasteiger charge is 2.35. The van der Waals surface area contributed by atoms with E-state index < -0.39 is 11.7 Å². The highest BCUT2D eigenvalue weighted by atomic mass is 79.9. The molecule has 2 nitrogen and oxygen atoms in total. The van der Waals surface area contributed by atoms with Gasteiger partial charge in [0.2, 0.25) is 0 Å². The quantitative estimate of drug-likeness (QED) is 0.580. The number of benzene rings is 2. The van der Waals surface area contributed by atoms with Gasteiger partial charge in [0.1, 0.15) is 17.8 Å². The van der Waals surface area contributed by atoms with Crippen LogP contribution in [0, 0.1) is 0 Å². The number of aldehydes is 1. The van der Waals surface area contributed by atoms with Crippen molar-refractivity contribution in [3.05, 3.63) is 56.5 Å². The van der Waals surface area contributed by atoms with Crippen LogP contribution in [0.25, 0.3) is 0 Å². The Kier molecular flexibility index (Phi) is 4.73. The van der Waals surface area contributed by atoms with E-state index in [9.17, 15) is 18.0 Å². The fourth-order valence-electron chi connectivity index (χ4n) is 1.61. The Balaban J connectivity index is 2.46. The lowest BCUT2D eigenvalue weighted by Crippen LogP contribution is -2.08. The van der Waals surface area contributed by atoms with Crippen LogP contribution in [-0.2, 0) is 6.18 Å². The van der Waals surface area contributed by atoms with Gasteiger partial charge in [0.05, 0.1) is 10.0 Å². The maximum Gasteiger partial charge on any atom is 0.420 e. The molecule has 0 atom stereocenters. The van der Waals surface area contributed by atoms with Crippen molar-refractivity contribution in [2.24, 2.45) is 0 Å². The zero-order valence-electron chi connectivity index (χ0n) is 10.2. The fourth-order valence-corrected chi connectivity index (χ4v) is 2.74. The van der Waals surface area contributed by atoms with Gasteiger partial charge in [-0.3, -0.25) is 4.79 Å². The molecule has 2 aromatic carbocycles. The zero-order valence-corrected chi connectivity index (χ0v) is 13.4. The van der Waals surface area contributed by atoms with Crippen LogP contribution in [0.3, 0.4) is 0 Å². The van der Waals surface area contributed by atoms with E-state index in [1.165, 1.54) is 12.1 Å². The summed E-state index contributed by atoms with van der Waals surface area (Å²) >= 11 is 6.46. The van der Waals surface area contributed by atoms with Crippen LogP contribution < -0.4 is 4.74 Å². The van der Waals surface area contributed by atoms with Gasteiger partial charge in [0.25, 0.3) is 0 Å². The Morgan fingerprint density at radius 3 is 2.24 bits per heavy atom. The third-order valence-corrected chi connectivity index (χ3v) is 3.67. The summed E-state index contributed by atoms with van der Waals surface area (Å²) in [6.07, 6.45) is -4.26. The molecule has 0 unspecified atom stereocenters. The predicted octanol–water partition coefficient (Wildman–Crippen LogP) is 5.84. The van der Waals surface area contributed by atoms with Crippen LogP contribution in [0.5, 0.6) is 11.5 Å². The molecular formula is C14H7Br2F3O2. The number of alkyl halides is 3. The zero-order chi connectivity index (χ0) is 15.6. The molecule has 0 aromatic heterocycles. The molecule has 21 heavy (non-hydrogen) atoms. The van der Waals surface area contributed by atoms with Crippen molar-refractivity contribution in [2.75, 3.05) is 0 Å². The van der Waals surface area contributed by atoms with Gasteiger partial charge >= 0.3 is 6.18 Å². The lowest BCUT2D eigenvalue weighted by atomic mass is 10.1. The second-order valence-corrected chi connectivity index (χ2v) is 5.82. The van der Waals surface area contributed by atoms with E-state index in [0.717, 1.165) is 16.6 Å². The topological polar surface area (TPSA) is 26.3 Å². The third-order valence-electron chi connectivity index (χ3n) is 2.56. The van der Waals surface area contributed by atoms with Crippen molar-refractivity contribution >= 4 is 38.1 Å². The third kappa shape index (κ3) is 3.85. The Morgan fingerprint density at radius 2 is 1.67 bits per heavy atom. The van der Waals surface area contributed by atoms with Crippen LogP contribution in [-0.4, -0.2) is 6.29 Å². The van der Waals surface area contributed by atoms with Gasteiger partial charge in [0.15, 0.2) is 0 Å². The fraction of sp³-hybridized carbons (Fsp3) is 0.0714. The summed E-state index contributed by atoms with van der Waals surface area (Å²) in [6, 6.07) is 7.98. The number of ether oxygens (including phenoxy) is 1. The Morgan fingerprint density at radius 1 is 1.00 bits per heavy atom. The monoisotopic (exact) mass is 422 g/mol. The number of rotatable bonds is 3. The number of hydrogen-bond acceptors (Lipinski definition) is 2. The molecule has 0 aliphatic heterocycles. The van der Waals surface area contributed by atoms with Gasteiger partial charge in [-0.1, -0.05) is 15.9 Å². The van der Waals surface area contributed by atoms with Crippen LogP contribution in [0.1, 0.15) is 15.9 Å². The molecule has 0 saturated carbocycles. The van der Waals surface area contributed by atoms with Crippen molar-refractivity contribution in [2.45, 2.75) is 6.18 Å². The number of carbonyl (C=O) groups is 1. The molecule has 0 heterocycles. The summed E-state index contributed by atoms with van der Waals surface area (Å²) in [6.45, 7) is 0. The van der Waals surface area contributed by atoms with Gasteiger partial charge in [-0.2, -0.15) is 13.2 Å². The van der Waals surface area contributed by atoms with E-state index in [4.69, 9.17) is 4.74 Å². The Bertz CT molecular complexity index is 684. The summed E-state index contributed by atoms with van der Waals surface area (Å²) < 4.78 is 45.6. The maximum absolute atomic E-state index is 13.0. The highest BCUT2D eigenvalue weighted by molar-refractivity contribution is 9.11. The number of carbonyl (C=O) groups excluding carboxylic acids is 1. The van der Waals surface area contributed by atoms with Crippen LogP contribution in [0.15, 0.2) is 45.3 Å². The molecular weight excluding hydrogens is 417 g/mol. The van der Waals surface area contributed by atoms with Gasteiger partial charge in [-0.05, 0) is 52.3 Å². The van der Waals surface area contributed by atoms with Gasteiger partial charge in [0, 0.05) is 10.0 Å². The van der Waals surface area contributed by atoms with Crippen LogP contribution in [0.4, 0.5) is 13.2 Å². The molecule has 0 radical (unpaired) electrons. The lowest BCUT2D eigenvalue weighted by Gasteiger charge is -2.15. The van der Waals surface area contributed by atoms with Gasteiger partial charge in [-0.25, -0.2) is 0 Å². The summed E-state index contributed by atoms with van der Waals surface area (Å²) in [7, 11) is 0. The van der Waals surface area contributed by atoms with Crippen molar-refractivity contribution in [3.63, 3.8) is 0 Å². The van der Waals surface area contributed by atoms with E-state index in [1.807, 2.05) is 0 Å². The Labute approximate surface area is 135 Å².